The van der Waals surface area contributed by atoms with E-state index in [0.717, 1.165) is 19.3 Å². The first-order valence-electron chi connectivity index (χ1n) is 7.24. The Balaban J connectivity index is 2.23. The van der Waals surface area contributed by atoms with Gasteiger partial charge in [-0.25, -0.2) is 8.42 Å². The van der Waals surface area contributed by atoms with Crippen LogP contribution in [-0.2, 0) is 14.6 Å². The Hall–Kier alpha value is -0.600. The third-order valence-corrected chi connectivity index (χ3v) is 7.62. The highest BCUT2D eigenvalue weighted by molar-refractivity contribution is 7.92. The second kappa shape index (κ2) is 5.80. The van der Waals surface area contributed by atoms with E-state index in [1.54, 1.807) is 0 Å². The fraction of sp³-hybridized carbons (Fsp3) is 0.929. The first-order chi connectivity index (χ1) is 9.00. The van der Waals surface area contributed by atoms with Crippen LogP contribution in [0.4, 0.5) is 0 Å². The molecule has 4 nitrogen and oxygen atoms in total. The lowest BCUT2D eigenvalue weighted by Gasteiger charge is -2.34. The molecule has 0 aromatic rings. The van der Waals surface area contributed by atoms with E-state index in [4.69, 9.17) is 4.74 Å². The number of hydrogen-bond acceptors (Lipinski definition) is 4. The van der Waals surface area contributed by atoms with E-state index in [2.05, 4.69) is 13.0 Å². The highest BCUT2D eigenvalue weighted by Gasteiger charge is 2.46. The summed E-state index contributed by atoms with van der Waals surface area (Å²) in [6.45, 7) is 4.45. The maximum absolute atomic E-state index is 12.8. The van der Waals surface area contributed by atoms with Crippen molar-refractivity contribution in [1.82, 2.24) is 0 Å². The van der Waals surface area contributed by atoms with Crippen molar-refractivity contribution in [1.29, 1.82) is 5.26 Å². The summed E-state index contributed by atoms with van der Waals surface area (Å²) in [4.78, 5) is 0. The van der Waals surface area contributed by atoms with Gasteiger partial charge in [-0.05, 0) is 38.5 Å². The Morgan fingerprint density at radius 2 is 2.00 bits per heavy atom. The fourth-order valence-corrected chi connectivity index (χ4v) is 6.14. The van der Waals surface area contributed by atoms with Crippen molar-refractivity contribution in [3.63, 3.8) is 0 Å². The Morgan fingerprint density at radius 3 is 2.53 bits per heavy atom. The van der Waals surface area contributed by atoms with Gasteiger partial charge in [0.1, 0.15) is 0 Å². The third kappa shape index (κ3) is 2.80. The molecule has 1 heterocycles. The molecule has 5 atom stereocenters. The minimum atomic E-state index is -3.26. The normalized spacial score (nSPS) is 39.9. The van der Waals surface area contributed by atoms with Crippen LogP contribution in [0.5, 0.6) is 0 Å². The Kier molecular flexibility index (Phi) is 4.52. The van der Waals surface area contributed by atoms with Gasteiger partial charge in [0.15, 0.2) is 9.84 Å². The molecule has 0 aromatic carbocycles. The predicted octanol–water partition coefficient (Wildman–Crippen LogP) is 2.30. The number of nitriles is 1. The molecule has 1 aliphatic carbocycles. The van der Waals surface area contributed by atoms with Crippen molar-refractivity contribution in [3.8, 4) is 6.07 Å². The minimum Gasteiger partial charge on any atom is -0.377 e. The molecule has 0 radical (unpaired) electrons. The average molecular weight is 285 g/mol. The van der Waals surface area contributed by atoms with Crippen molar-refractivity contribution >= 4 is 9.84 Å². The molecular formula is C14H23NO3S. The summed E-state index contributed by atoms with van der Waals surface area (Å²) in [5, 5.41) is 8.35. The number of rotatable bonds is 3. The van der Waals surface area contributed by atoms with Crippen molar-refractivity contribution in [3.05, 3.63) is 0 Å². The van der Waals surface area contributed by atoms with Gasteiger partial charge in [-0.3, -0.25) is 0 Å². The van der Waals surface area contributed by atoms with Crippen molar-refractivity contribution < 1.29 is 13.2 Å². The first kappa shape index (κ1) is 14.8. The topological polar surface area (TPSA) is 67.2 Å². The smallest absolute Gasteiger partial charge is 0.159 e. The van der Waals surface area contributed by atoms with Crippen LogP contribution in [0.1, 0.15) is 46.0 Å². The Morgan fingerprint density at radius 1 is 1.26 bits per heavy atom. The molecule has 0 bridgehead atoms. The highest BCUT2D eigenvalue weighted by atomic mass is 32.2. The van der Waals surface area contributed by atoms with Crippen LogP contribution in [-0.4, -0.2) is 31.6 Å². The van der Waals surface area contributed by atoms with Crippen LogP contribution in [0, 0.1) is 23.2 Å². The second-order valence-electron chi connectivity index (χ2n) is 5.85. The zero-order valence-corrected chi connectivity index (χ0v) is 12.5. The first-order valence-corrected chi connectivity index (χ1v) is 8.85. The summed E-state index contributed by atoms with van der Waals surface area (Å²) in [6, 6.07) is 2.22. The largest absolute Gasteiger partial charge is 0.377 e. The van der Waals surface area contributed by atoms with Gasteiger partial charge in [0, 0.05) is 6.61 Å². The molecule has 1 saturated heterocycles. The summed E-state index contributed by atoms with van der Waals surface area (Å²) >= 11 is 0. The van der Waals surface area contributed by atoms with Gasteiger partial charge in [0.2, 0.25) is 0 Å². The van der Waals surface area contributed by atoms with Crippen LogP contribution < -0.4 is 0 Å². The van der Waals surface area contributed by atoms with E-state index in [1.165, 1.54) is 0 Å². The summed E-state index contributed by atoms with van der Waals surface area (Å²) in [7, 11) is -3.26. The van der Waals surface area contributed by atoms with E-state index >= 15 is 0 Å². The van der Waals surface area contributed by atoms with E-state index in [9.17, 15) is 13.7 Å². The molecule has 0 amide bonds. The quantitative estimate of drug-likeness (QED) is 0.798. The standard InChI is InChI=1S/C14H23NO3S/c1-3-11-4-5-12(9-15)14(8-11)19(16,17)13-6-7-18-10(13)2/h10-14H,3-8H2,1-2H3. The predicted molar refractivity (Wildman–Crippen MR) is 73.3 cm³/mol. The minimum absolute atomic E-state index is 0.230. The molecule has 0 aromatic heterocycles. The SMILES string of the molecule is CCC1CCC(C#N)C(S(=O)(=O)C2CCOC2C)C1. The average Bonchev–Trinajstić information content (AvgIpc) is 2.85. The van der Waals surface area contributed by atoms with E-state index in [1.807, 2.05) is 6.92 Å². The lowest BCUT2D eigenvalue weighted by molar-refractivity contribution is 0.126. The Labute approximate surface area is 116 Å². The van der Waals surface area contributed by atoms with Crippen LogP contribution in [0.15, 0.2) is 0 Å². The van der Waals surface area contributed by atoms with Crippen molar-refractivity contribution in [2.24, 2.45) is 11.8 Å². The van der Waals surface area contributed by atoms with Crippen LogP contribution in [0.3, 0.4) is 0 Å². The number of nitrogens with zero attached hydrogens (tertiary/aromatic N) is 1. The molecule has 2 aliphatic rings. The van der Waals surface area contributed by atoms with Gasteiger partial charge in [-0.1, -0.05) is 13.3 Å². The van der Waals surface area contributed by atoms with Crippen LogP contribution in [0.2, 0.25) is 0 Å². The molecule has 0 spiro atoms. The van der Waals surface area contributed by atoms with Crippen LogP contribution >= 0.6 is 0 Å². The number of hydrogen-bond donors (Lipinski definition) is 0. The van der Waals surface area contributed by atoms with Gasteiger partial charge >= 0.3 is 0 Å². The van der Waals surface area contributed by atoms with Crippen molar-refractivity contribution in [2.75, 3.05) is 6.61 Å². The highest BCUT2D eigenvalue weighted by Crippen LogP contribution is 2.38. The van der Waals surface area contributed by atoms with Gasteiger partial charge in [0.05, 0.1) is 28.6 Å². The molecule has 5 heteroatoms. The fourth-order valence-electron chi connectivity index (χ4n) is 3.46. The third-order valence-electron chi connectivity index (χ3n) is 4.79. The maximum atomic E-state index is 12.8. The van der Waals surface area contributed by atoms with E-state index < -0.39 is 20.3 Å². The molecule has 2 fully saturated rings. The van der Waals surface area contributed by atoms with Gasteiger partial charge < -0.3 is 4.74 Å². The lowest BCUT2D eigenvalue weighted by Crippen LogP contribution is -2.43. The summed E-state index contributed by atoms with van der Waals surface area (Å²) in [5.74, 6) is 0.114. The maximum Gasteiger partial charge on any atom is 0.159 e. The molecular weight excluding hydrogens is 262 g/mol. The van der Waals surface area contributed by atoms with E-state index in [-0.39, 0.29) is 12.0 Å². The molecule has 19 heavy (non-hydrogen) atoms. The molecule has 1 aliphatic heterocycles. The number of ether oxygens (including phenoxy) is 1. The molecule has 1 saturated carbocycles. The molecule has 2 rings (SSSR count). The second-order valence-corrected chi connectivity index (χ2v) is 8.24. The van der Waals surface area contributed by atoms with Gasteiger partial charge in [-0.2, -0.15) is 5.26 Å². The lowest BCUT2D eigenvalue weighted by atomic mass is 9.81. The van der Waals surface area contributed by atoms with E-state index in [0.29, 0.717) is 25.4 Å². The summed E-state index contributed by atoms with van der Waals surface area (Å²) in [6.07, 6.45) is 3.71. The monoisotopic (exact) mass is 285 g/mol. The molecule has 5 unspecified atom stereocenters. The molecule has 108 valence electrons. The zero-order chi connectivity index (χ0) is 14.0. The van der Waals surface area contributed by atoms with Gasteiger partial charge in [0.25, 0.3) is 0 Å². The van der Waals surface area contributed by atoms with Crippen LogP contribution in [0.25, 0.3) is 0 Å². The molecule has 0 N–H and O–H groups in total. The summed E-state index contributed by atoms with van der Waals surface area (Å²) < 4.78 is 31.0. The zero-order valence-electron chi connectivity index (χ0n) is 11.7. The summed E-state index contributed by atoms with van der Waals surface area (Å²) in [5.41, 5.74) is 0. The van der Waals surface area contributed by atoms with Gasteiger partial charge in [-0.15, -0.1) is 0 Å². The number of sulfone groups is 1. The Bertz CT molecular complexity index is 454. The van der Waals surface area contributed by atoms with Crippen molar-refractivity contribution in [2.45, 2.75) is 62.6 Å².